The van der Waals surface area contributed by atoms with Gasteiger partial charge in [-0.2, -0.15) is 0 Å². The Balaban J connectivity index is 1.73. The lowest BCUT2D eigenvalue weighted by molar-refractivity contribution is 0.0995. The first-order valence-corrected chi connectivity index (χ1v) is 8.93. The summed E-state index contributed by atoms with van der Waals surface area (Å²) < 4.78 is 19.5. The van der Waals surface area contributed by atoms with E-state index in [1.165, 1.54) is 17.8 Å². The van der Waals surface area contributed by atoms with Crippen LogP contribution in [0.2, 0.25) is 0 Å². The van der Waals surface area contributed by atoms with Crippen LogP contribution in [0, 0.1) is 5.82 Å². The Labute approximate surface area is 151 Å². The summed E-state index contributed by atoms with van der Waals surface area (Å²) >= 11 is 4.63. The van der Waals surface area contributed by atoms with E-state index < -0.39 is 0 Å². The van der Waals surface area contributed by atoms with E-state index in [0.717, 1.165) is 4.90 Å². The topological polar surface area (TPSA) is 42.2 Å². The fourth-order valence-electron chi connectivity index (χ4n) is 2.09. The second-order valence-corrected chi connectivity index (χ2v) is 6.73. The summed E-state index contributed by atoms with van der Waals surface area (Å²) in [6, 6.07) is 17.3. The van der Waals surface area contributed by atoms with Crippen molar-refractivity contribution in [3.05, 3.63) is 82.5 Å². The van der Waals surface area contributed by atoms with Crippen molar-refractivity contribution in [1.29, 1.82) is 0 Å². The molecular formula is C18H13BrFNO2S. The van der Waals surface area contributed by atoms with Crippen LogP contribution in [0.3, 0.4) is 0 Å². The third-order valence-corrected chi connectivity index (χ3v) is 4.82. The molecule has 24 heavy (non-hydrogen) atoms. The molecule has 122 valence electrons. The lowest BCUT2D eigenvalue weighted by atomic mass is 10.2. The molecule has 0 atom stereocenters. The van der Waals surface area contributed by atoms with Gasteiger partial charge in [0.1, 0.15) is 5.82 Å². The Morgan fingerprint density at radius 1 is 1.08 bits per heavy atom. The molecule has 3 nitrogen and oxygen atoms in total. The van der Waals surface area contributed by atoms with E-state index in [0.29, 0.717) is 21.7 Å². The van der Waals surface area contributed by atoms with Gasteiger partial charge in [-0.3, -0.25) is 4.79 Å². The van der Waals surface area contributed by atoms with Crippen molar-refractivity contribution in [2.45, 2.75) is 10.6 Å². The van der Waals surface area contributed by atoms with E-state index >= 15 is 0 Å². The maximum atomic E-state index is 13.7. The summed E-state index contributed by atoms with van der Waals surface area (Å²) in [5, 5.41) is 2.82. The first-order valence-electron chi connectivity index (χ1n) is 7.15. The number of furan rings is 1. The number of rotatable bonds is 5. The number of para-hydroxylation sites is 1. The van der Waals surface area contributed by atoms with Crippen molar-refractivity contribution in [3.8, 4) is 0 Å². The van der Waals surface area contributed by atoms with E-state index in [4.69, 9.17) is 4.42 Å². The predicted octanol–water partition coefficient (Wildman–Crippen LogP) is 5.73. The molecule has 0 saturated heterocycles. The number of thioether (sulfide) groups is 1. The van der Waals surface area contributed by atoms with Crippen LogP contribution in [0.4, 0.5) is 10.1 Å². The Hall–Kier alpha value is -2.05. The van der Waals surface area contributed by atoms with Crippen LogP contribution in [0.25, 0.3) is 0 Å². The molecule has 0 bridgehead atoms. The fourth-order valence-corrected chi connectivity index (χ4v) is 3.39. The summed E-state index contributed by atoms with van der Waals surface area (Å²) in [5.74, 6) is 0.133. The summed E-state index contributed by atoms with van der Waals surface area (Å²) in [6.45, 7) is 0. The molecule has 3 rings (SSSR count). The fraction of sp³-hybridized carbons (Fsp3) is 0.0556. The van der Waals surface area contributed by atoms with Crippen molar-refractivity contribution < 1.29 is 13.6 Å². The number of nitrogens with one attached hydrogen (secondary N) is 1. The second kappa shape index (κ2) is 7.68. The van der Waals surface area contributed by atoms with Gasteiger partial charge in [0.2, 0.25) is 0 Å². The average Bonchev–Trinajstić information content (AvgIpc) is 3.02. The molecule has 1 aromatic heterocycles. The van der Waals surface area contributed by atoms with Crippen LogP contribution in [0.5, 0.6) is 0 Å². The zero-order chi connectivity index (χ0) is 16.9. The molecule has 0 saturated carbocycles. The lowest BCUT2D eigenvalue weighted by Gasteiger charge is -2.10. The van der Waals surface area contributed by atoms with Gasteiger partial charge in [0.25, 0.3) is 5.91 Å². The van der Waals surface area contributed by atoms with E-state index in [9.17, 15) is 9.18 Å². The Morgan fingerprint density at radius 3 is 2.58 bits per heavy atom. The monoisotopic (exact) mass is 405 g/mol. The minimum atomic E-state index is -0.334. The van der Waals surface area contributed by atoms with Gasteiger partial charge in [-0.15, -0.1) is 11.8 Å². The molecule has 0 aliphatic carbocycles. The number of amides is 1. The minimum absolute atomic E-state index is 0.218. The van der Waals surface area contributed by atoms with Gasteiger partial charge in [-0.1, -0.05) is 30.3 Å². The van der Waals surface area contributed by atoms with Crippen molar-refractivity contribution >= 4 is 39.3 Å². The normalized spacial score (nSPS) is 10.6. The highest BCUT2D eigenvalue weighted by Crippen LogP contribution is 2.31. The Bertz CT molecular complexity index is 865. The lowest BCUT2D eigenvalue weighted by Crippen LogP contribution is -2.11. The first-order chi connectivity index (χ1) is 11.6. The molecule has 0 radical (unpaired) electrons. The van der Waals surface area contributed by atoms with Crippen molar-refractivity contribution in [3.63, 3.8) is 0 Å². The van der Waals surface area contributed by atoms with Crippen molar-refractivity contribution in [2.75, 3.05) is 5.32 Å². The van der Waals surface area contributed by atoms with Crippen LogP contribution in [-0.2, 0) is 5.75 Å². The number of halogens is 2. The molecule has 3 aromatic rings. The maximum Gasteiger partial charge on any atom is 0.291 e. The van der Waals surface area contributed by atoms with Crippen LogP contribution in [0.15, 0.2) is 74.6 Å². The molecule has 2 aromatic carbocycles. The molecule has 6 heteroatoms. The first kappa shape index (κ1) is 16.8. The molecule has 0 aliphatic rings. The second-order valence-electron chi connectivity index (χ2n) is 4.93. The quantitative estimate of drug-likeness (QED) is 0.551. The van der Waals surface area contributed by atoms with Crippen LogP contribution >= 0.6 is 27.7 Å². The van der Waals surface area contributed by atoms with Gasteiger partial charge in [0, 0.05) is 10.6 Å². The summed E-state index contributed by atoms with van der Waals surface area (Å²) in [4.78, 5) is 13.1. The number of carbonyl (C=O) groups is 1. The van der Waals surface area contributed by atoms with E-state index in [-0.39, 0.29) is 17.5 Å². The summed E-state index contributed by atoms with van der Waals surface area (Å²) in [7, 11) is 0. The van der Waals surface area contributed by atoms with Gasteiger partial charge in [-0.05, 0) is 51.8 Å². The predicted molar refractivity (Wildman–Crippen MR) is 96.8 cm³/mol. The van der Waals surface area contributed by atoms with Crippen molar-refractivity contribution in [1.82, 2.24) is 0 Å². The largest absolute Gasteiger partial charge is 0.444 e. The van der Waals surface area contributed by atoms with Crippen molar-refractivity contribution in [2.24, 2.45) is 0 Å². The number of hydrogen-bond acceptors (Lipinski definition) is 3. The van der Waals surface area contributed by atoms with Crippen LogP contribution < -0.4 is 5.32 Å². The summed E-state index contributed by atoms with van der Waals surface area (Å²) in [5.41, 5.74) is 1.29. The average molecular weight is 406 g/mol. The molecule has 1 heterocycles. The van der Waals surface area contributed by atoms with E-state index in [1.807, 2.05) is 18.2 Å². The molecular weight excluding hydrogens is 393 g/mol. The number of benzene rings is 2. The van der Waals surface area contributed by atoms with Gasteiger partial charge in [0.15, 0.2) is 10.4 Å². The molecule has 1 amide bonds. The third kappa shape index (κ3) is 4.07. The molecule has 0 aliphatic heterocycles. The Kier molecular flexibility index (Phi) is 5.37. The molecule has 0 spiro atoms. The molecule has 1 N–H and O–H groups in total. The number of hydrogen-bond donors (Lipinski definition) is 1. The molecule has 0 fully saturated rings. The highest BCUT2D eigenvalue weighted by atomic mass is 79.9. The van der Waals surface area contributed by atoms with Gasteiger partial charge in [0.05, 0.1) is 5.69 Å². The van der Waals surface area contributed by atoms with Gasteiger partial charge < -0.3 is 9.73 Å². The van der Waals surface area contributed by atoms with E-state index in [2.05, 4.69) is 21.2 Å². The highest BCUT2D eigenvalue weighted by Gasteiger charge is 2.13. The smallest absolute Gasteiger partial charge is 0.291 e. The standard InChI is InChI=1S/C18H13BrFNO2S/c19-17-10-9-15(23-17)18(22)21-14-7-3-4-8-16(14)24-11-12-5-1-2-6-13(12)20/h1-10H,11H2,(H,21,22). The van der Waals surface area contributed by atoms with Crippen LogP contribution in [-0.4, -0.2) is 5.91 Å². The van der Waals surface area contributed by atoms with Crippen LogP contribution in [0.1, 0.15) is 16.1 Å². The Morgan fingerprint density at radius 2 is 1.83 bits per heavy atom. The third-order valence-electron chi connectivity index (χ3n) is 3.27. The SMILES string of the molecule is O=C(Nc1ccccc1SCc1ccccc1F)c1ccc(Br)o1. The zero-order valence-electron chi connectivity index (χ0n) is 12.5. The number of anilines is 1. The highest BCUT2D eigenvalue weighted by molar-refractivity contribution is 9.10. The van der Waals surface area contributed by atoms with E-state index in [1.54, 1.807) is 36.4 Å². The van der Waals surface area contributed by atoms with Gasteiger partial charge in [-0.25, -0.2) is 4.39 Å². The molecule has 0 unspecified atom stereocenters. The zero-order valence-corrected chi connectivity index (χ0v) is 14.9. The minimum Gasteiger partial charge on any atom is -0.444 e. The maximum absolute atomic E-state index is 13.7. The van der Waals surface area contributed by atoms with Gasteiger partial charge >= 0.3 is 0 Å². The summed E-state index contributed by atoms with van der Waals surface area (Å²) in [6.07, 6.45) is 0. The number of carbonyl (C=O) groups excluding carboxylic acids is 1.